The number of hydrogen-bond donors (Lipinski definition) is 3. The van der Waals surface area contributed by atoms with Gasteiger partial charge in [-0.1, -0.05) is 57.9 Å². The Labute approximate surface area is 222 Å². The first-order valence-electron chi connectivity index (χ1n) is 10.8. The van der Waals surface area contributed by atoms with E-state index in [9.17, 15) is 22.7 Å². The van der Waals surface area contributed by atoms with Gasteiger partial charge in [-0.25, -0.2) is 18.2 Å². The summed E-state index contributed by atoms with van der Waals surface area (Å²) in [5, 5.41) is 12.2. The SMILES string of the molecule is Cc1ccc(-c2cc(C(=O)NC(O[PH](=O)O)c3ccc(Br)cc3)nn2-c2ccc(S(N)(=O)=O)cc2)cc1. The van der Waals surface area contributed by atoms with E-state index >= 15 is 0 Å². The Bertz CT molecular complexity index is 1560. The third-order valence-corrected chi connectivity index (χ3v) is 7.25. The van der Waals surface area contributed by atoms with Gasteiger partial charge in [-0.3, -0.25) is 13.9 Å². The van der Waals surface area contributed by atoms with Crippen molar-refractivity contribution in [3.8, 4) is 16.9 Å². The van der Waals surface area contributed by atoms with Gasteiger partial charge >= 0.3 is 8.25 Å². The van der Waals surface area contributed by atoms with E-state index in [2.05, 4.69) is 26.3 Å². The molecule has 4 N–H and O–H groups in total. The van der Waals surface area contributed by atoms with Crippen LogP contribution in [0.3, 0.4) is 0 Å². The van der Waals surface area contributed by atoms with Crippen molar-refractivity contribution in [2.45, 2.75) is 18.0 Å². The van der Waals surface area contributed by atoms with Gasteiger partial charge in [0.15, 0.2) is 11.9 Å². The second kappa shape index (κ2) is 11.1. The van der Waals surface area contributed by atoms with Crippen molar-refractivity contribution in [3.63, 3.8) is 0 Å². The molecule has 4 aromatic rings. The first-order valence-corrected chi connectivity index (χ1v) is 14.4. The minimum absolute atomic E-state index is 0.00872. The molecule has 0 aliphatic heterocycles. The summed E-state index contributed by atoms with van der Waals surface area (Å²) in [6.45, 7) is 1.95. The molecule has 1 aromatic heterocycles. The zero-order valence-electron chi connectivity index (χ0n) is 19.3. The van der Waals surface area contributed by atoms with Crippen LogP contribution < -0.4 is 10.5 Å². The average molecular weight is 605 g/mol. The monoisotopic (exact) mass is 604 g/mol. The van der Waals surface area contributed by atoms with Crippen LogP contribution in [0.2, 0.25) is 0 Å². The number of hydrogen-bond acceptors (Lipinski definition) is 6. The molecule has 192 valence electrons. The number of carbonyl (C=O) groups excluding carboxylic acids is 1. The van der Waals surface area contributed by atoms with Crippen LogP contribution in [0.1, 0.15) is 27.8 Å². The van der Waals surface area contributed by atoms with Gasteiger partial charge < -0.3 is 10.2 Å². The molecule has 0 aliphatic carbocycles. The van der Waals surface area contributed by atoms with Crippen LogP contribution in [-0.4, -0.2) is 29.0 Å². The lowest BCUT2D eigenvalue weighted by atomic mass is 10.1. The van der Waals surface area contributed by atoms with Crippen molar-refractivity contribution >= 4 is 40.1 Å². The van der Waals surface area contributed by atoms with Gasteiger partial charge in [-0.15, -0.1) is 0 Å². The van der Waals surface area contributed by atoms with Crippen LogP contribution in [0, 0.1) is 6.92 Å². The van der Waals surface area contributed by atoms with Gasteiger partial charge in [0.1, 0.15) is 0 Å². The maximum absolute atomic E-state index is 13.2. The fourth-order valence-electron chi connectivity index (χ4n) is 3.51. The number of sulfonamides is 1. The maximum atomic E-state index is 13.2. The molecular weight excluding hydrogens is 583 g/mol. The normalized spacial score (nSPS) is 13.2. The quantitative estimate of drug-likeness (QED) is 0.202. The van der Waals surface area contributed by atoms with Gasteiger partial charge in [-0.05, 0) is 49.4 Å². The minimum atomic E-state index is -3.88. The highest BCUT2D eigenvalue weighted by Gasteiger charge is 2.22. The number of aryl methyl sites for hydroxylation is 1. The van der Waals surface area contributed by atoms with Crippen molar-refractivity contribution in [1.29, 1.82) is 0 Å². The van der Waals surface area contributed by atoms with E-state index in [0.29, 0.717) is 16.9 Å². The van der Waals surface area contributed by atoms with E-state index in [-0.39, 0.29) is 10.6 Å². The molecule has 0 bridgehead atoms. The number of benzene rings is 3. The number of carbonyl (C=O) groups is 1. The first-order chi connectivity index (χ1) is 17.5. The predicted molar refractivity (Wildman–Crippen MR) is 142 cm³/mol. The number of halogens is 1. The van der Waals surface area contributed by atoms with Crippen molar-refractivity contribution in [2.75, 3.05) is 0 Å². The zero-order chi connectivity index (χ0) is 26.7. The van der Waals surface area contributed by atoms with Crippen LogP contribution in [0.4, 0.5) is 0 Å². The van der Waals surface area contributed by atoms with Crippen molar-refractivity contribution in [1.82, 2.24) is 15.1 Å². The largest absolute Gasteiger partial charge is 0.326 e. The molecule has 10 nitrogen and oxygen atoms in total. The highest BCUT2D eigenvalue weighted by molar-refractivity contribution is 9.10. The molecule has 1 amide bonds. The Morgan fingerprint density at radius 2 is 1.70 bits per heavy atom. The third kappa shape index (κ3) is 6.61. The maximum Gasteiger partial charge on any atom is 0.318 e. The topological polar surface area (TPSA) is 154 Å². The predicted octanol–water partition coefficient (Wildman–Crippen LogP) is 4.08. The summed E-state index contributed by atoms with van der Waals surface area (Å²) in [4.78, 5) is 22.5. The molecule has 0 fully saturated rings. The molecule has 3 aromatic carbocycles. The summed E-state index contributed by atoms with van der Waals surface area (Å²) in [5.74, 6) is -0.649. The van der Waals surface area contributed by atoms with Gasteiger partial charge in [-0.2, -0.15) is 5.10 Å². The molecule has 2 atom stereocenters. The Morgan fingerprint density at radius 1 is 1.08 bits per heavy atom. The summed E-state index contributed by atoms with van der Waals surface area (Å²) >= 11 is 3.32. The molecule has 0 saturated heterocycles. The average Bonchev–Trinajstić information content (AvgIpc) is 3.29. The van der Waals surface area contributed by atoms with Crippen LogP contribution in [0.5, 0.6) is 0 Å². The van der Waals surface area contributed by atoms with Gasteiger partial charge in [0.25, 0.3) is 5.91 Å². The number of nitrogens with two attached hydrogens (primary N) is 1. The molecule has 0 radical (unpaired) electrons. The van der Waals surface area contributed by atoms with Crippen LogP contribution in [0.25, 0.3) is 16.9 Å². The Kier molecular flexibility index (Phi) is 8.08. The lowest BCUT2D eigenvalue weighted by Crippen LogP contribution is -2.29. The standard InChI is InChI=1S/C24H22BrN4O6PS/c1-15-2-4-16(5-3-15)22-14-21(28-29(22)19-10-12-20(13-11-19)37(26,33)34)23(30)27-24(35-36(31)32)17-6-8-18(25)9-7-17/h2-14,24,36H,1H3,(H,27,30)(H,31,32)(H2,26,33,34). The van der Waals surface area contributed by atoms with E-state index in [4.69, 9.17) is 9.66 Å². The lowest BCUT2D eigenvalue weighted by molar-refractivity contribution is 0.0817. The van der Waals surface area contributed by atoms with Crippen LogP contribution in [-0.2, 0) is 19.1 Å². The van der Waals surface area contributed by atoms with Crippen molar-refractivity contribution < 1.29 is 27.2 Å². The van der Waals surface area contributed by atoms with Gasteiger partial charge in [0, 0.05) is 15.6 Å². The second-order valence-electron chi connectivity index (χ2n) is 8.02. The number of nitrogens with one attached hydrogen (secondary N) is 1. The Hall–Kier alpha value is -3.12. The third-order valence-electron chi connectivity index (χ3n) is 5.35. The highest BCUT2D eigenvalue weighted by Crippen LogP contribution is 2.29. The van der Waals surface area contributed by atoms with Crippen LogP contribution >= 0.6 is 24.2 Å². The van der Waals surface area contributed by atoms with Gasteiger partial charge in [0.2, 0.25) is 10.0 Å². The van der Waals surface area contributed by atoms with E-state index in [0.717, 1.165) is 15.6 Å². The summed E-state index contributed by atoms with van der Waals surface area (Å²) < 4.78 is 42.1. The minimum Gasteiger partial charge on any atom is -0.326 e. The Balaban J connectivity index is 1.73. The van der Waals surface area contributed by atoms with Crippen molar-refractivity contribution in [2.24, 2.45) is 5.14 Å². The summed E-state index contributed by atoms with van der Waals surface area (Å²) in [6, 6.07) is 21.6. The summed E-state index contributed by atoms with van der Waals surface area (Å²) in [6.07, 6.45) is -1.20. The number of primary sulfonamides is 1. The van der Waals surface area contributed by atoms with E-state index in [1.165, 1.54) is 28.9 Å². The molecule has 1 heterocycles. The smallest absolute Gasteiger partial charge is 0.318 e. The van der Waals surface area contributed by atoms with E-state index in [1.54, 1.807) is 30.3 Å². The molecule has 0 spiro atoms. The molecule has 4 rings (SSSR count). The van der Waals surface area contributed by atoms with E-state index < -0.39 is 30.4 Å². The second-order valence-corrected chi connectivity index (χ2v) is 11.3. The molecule has 37 heavy (non-hydrogen) atoms. The fourth-order valence-corrected chi connectivity index (χ4v) is 4.68. The summed E-state index contributed by atoms with van der Waals surface area (Å²) in [7, 11) is -7.27. The molecule has 0 aliphatic rings. The molecular formula is C24H22BrN4O6PS. The first kappa shape index (κ1) is 26.9. The number of amides is 1. The molecule has 0 saturated carbocycles. The number of nitrogens with zero attached hydrogens (tertiary/aromatic N) is 2. The van der Waals surface area contributed by atoms with Gasteiger partial charge in [0.05, 0.1) is 16.3 Å². The Morgan fingerprint density at radius 3 is 2.27 bits per heavy atom. The highest BCUT2D eigenvalue weighted by atomic mass is 79.9. The van der Waals surface area contributed by atoms with Crippen LogP contribution in [0.15, 0.2) is 88.2 Å². The zero-order valence-corrected chi connectivity index (χ0v) is 22.7. The molecule has 2 unspecified atom stereocenters. The fraction of sp³-hybridized carbons (Fsp3) is 0.0833. The lowest BCUT2D eigenvalue weighted by Gasteiger charge is -2.17. The molecule has 13 heteroatoms. The number of aromatic nitrogens is 2. The summed E-state index contributed by atoms with van der Waals surface area (Å²) in [5.41, 5.74) is 3.32. The van der Waals surface area contributed by atoms with Crippen molar-refractivity contribution in [3.05, 3.63) is 100 Å². The number of rotatable bonds is 8. The van der Waals surface area contributed by atoms with E-state index in [1.807, 2.05) is 31.2 Å².